The van der Waals surface area contributed by atoms with E-state index in [1.807, 2.05) is 23.1 Å². The Kier molecular flexibility index (Phi) is 8.59. The molecule has 32 heavy (non-hydrogen) atoms. The van der Waals surface area contributed by atoms with Crippen molar-refractivity contribution in [3.05, 3.63) is 42.1 Å². The summed E-state index contributed by atoms with van der Waals surface area (Å²) in [6, 6.07) is 10.5. The van der Waals surface area contributed by atoms with Gasteiger partial charge in [-0.15, -0.1) is 0 Å². The molecular formula is C24H33N3O3S2. The fourth-order valence-electron chi connectivity index (χ4n) is 3.93. The lowest BCUT2D eigenvalue weighted by Crippen LogP contribution is -2.45. The normalized spacial score (nSPS) is 18.8. The predicted octanol–water partition coefficient (Wildman–Crippen LogP) is 6.14. The molecule has 1 fully saturated rings. The van der Waals surface area contributed by atoms with E-state index in [0.29, 0.717) is 11.7 Å². The zero-order chi connectivity index (χ0) is 23.1. The summed E-state index contributed by atoms with van der Waals surface area (Å²) < 4.78 is -0.175. The highest BCUT2D eigenvalue weighted by molar-refractivity contribution is 8.03. The number of thiazole rings is 1. The van der Waals surface area contributed by atoms with E-state index < -0.39 is 10.7 Å². The number of urea groups is 1. The molecule has 0 bridgehead atoms. The lowest BCUT2D eigenvalue weighted by molar-refractivity contribution is -0.138. The minimum absolute atomic E-state index is 0.110. The Hall–Kier alpha value is -2.06. The van der Waals surface area contributed by atoms with Crippen LogP contribution in [0.4, 0.5) is 9.93 Å². The van der Waals surface area contributed by atoms with Crippen LogP contribution in [0, 0.1) is 5.92 Å². The van der Waals surface area contributed by atoms with E-state index in [2.05, 4.69) is 29.4 Å². The summed E-state index contributed by atoms with van der Waals surface area (Å²) in [5.74, 6) is -0.158. The summed E-state index contributed by atoms with van der Waals surface area (Å²) in [5.41, 5.74) is 1.28. The zero-order valence-electron chi connectivity index (χ0n) is 19.0. The molecule has 1 saturated carbocycles. The van der Waals surface area contributed by atoms with Gasteiger partial charge in [0, 0.05) is 12.6 Å². The first-order chi connectivity index (χ1) is 15.2. The minimum atomic E-state index is -0.948. The average molecular weight is 476 g/mol. The maximum atomic E-state index is 13.2. The summed E-state index contributed by atoms with van der Waals surface area (Å²) in [7, 11) is 0. The number of hydrogen-bond donors (Lipinski definition) is 2. The lowest BCUT2D eigenvalue weighted by Gasteiger charge is -2.36. The van der Waals surface area contributed by atoms with Gasteiger partial charge < -0.3 is 10.0 Å². The first-order valence-corrected chi connectivity index (χ1v) is 12.9. The van der Waals surface area contributed by atoms with Crippen LogP contribution in [-0.4, -0.2) is 44.3 Å². The van der Waals surface area contributed by atoms with Crippen molar-refractivity contribution in [2.75, 3.05) is 11.9 Å². The molecule has 0 radical (unpaired) electrons. The van der Waals surface area contributed by atoms with Gasteiger partial charge >= 0.3 is 12.0 Å². The third-order valence-corrected chi connectivity index (χ3v) is 8.16. The Labute approximate surface area is 198 Å². The molecule has 0 spiro atoms. The number of amides is 2. The van der Waals surface area contributed by atoms with Crippen LogP contribution in [0.2, 0.25) is 0 Å². The van der Waals surface area contributed by atoms with Crippen molar-refractivity contribution in [3.8, 4) is 0 Å². The Morgan fingerprint density at radius 3 is 2.56 bits per heavy atom. The number of thioether (sulfide) groups is 1. The largest absolute Gasteiger partial charge is 0.480 e. The second kappa shape index (κ2) is 11.2. The van der Waals surface area contributed by atoms with Crippen molar-refractivity contribution in [1.82, 2.24) is 9.88 Å². The molecule has 2 amide bonds. The van der Waals surface area contributed by atoms with Crippen LogP contribution in [0.1, 0.15) is 58.4 Å². The highest BCUT2D eigenvalue weighted by Gasteiger charge is 2.30. The SMILES string of the molecule is CC1CCC(N(CCCc2ccccc2)C(=O)Nc2ncc(SC(C)(C)C(=O)O)s2)CC1. The molecule has 6 nitrogen and oxygen atoms in total. The van der Waals surface area contributed by atoms with E-state index in [1.54, 1.807) is 20.0 Å². The predicted molar refractivity (Wildman–Crippen MR) is 132 cm³/mol. The molecule has 1 aliphatic rings. The number of benzene rings is 1. The molecule has 3 rings (SSSR count). The molecule has 1 aromatic carbocycles. The number of aryl methyl sites for hydroxylation is 1. The maximum Gasteiger partial charge on any atom is 0.323 e. The molecule has 2 aromatic rings. The molecule has 2 N–H and O–H groups in total. The number of hydrogen-bond acceptors (Lipinski definition) is 5. The molecular weight excluding hydrogens is 442 g/mol. The van der Waals surface area contributed by atoms with Crippen molar-refractivity contribution < 1.29 is 14.7 Å². The number of carbonyl (C=O) groups excluding carboxylic acids is 1. The van der Waals surface area contributed by atoms with Crippen LogP contribution in [0.25, 0.3) is 0 Å². The number of nitrogens with zero attached hydrogens (tertiary/aromatic N) is 2. The Balaban J connectivity index is 1.63. The minimum Gasteiger partial charge on any atom is -0.480 e. The Morgan fingerprint density at radius 1 is 1.22 bits per heavy atom. The third-order valence-electron chi connectivity index (χ3n) is 5.96. The highest BCUT2D eigenvalue weighted by atomic mass is 32.2. The van der Waals surface area contributed by atoms with Gasteiger partial charge in [0.15, 0.2) is 5.13 Å². The Bertz CT molecular complexity index is 893. The monoisotopic (exact) mass is 475 g/mol. The summed E-state index contributed by atoms with van der Waals surface area (Å²) in [6.07, 6.45) is 7.85. The van der Waals surface area contributed by atoms with Crippen LogP contribution in [0.15, 0.2) is 40.7 Å². The van der Waals surface area contributed by atoms with Gasteiger partial charge in [0.05, 0.1) is 10.4 Å². The van der Waals surface area contributed by atoms with Crippen LogP contribution in [-0.2, 0) is 11.2 Å². The number of aliphatic carboxylic acids is 1. The van der Waals surface area contributed by atoms with Gasteiger partial charge in [-0.3, -0.25) is 10.1 Å². The van der Waals surface area contributed by atoms with Crippen LogP contribution >= 0.6 is 23.1 Å². The molecule has 174 valence electrons. The molecule has 0 unspecified atom stereocenters. The van der Waals surface area contributed by atoms with E-state index in [9.17, 15) is 14.7 Å². The number of anilines is 1. The number of carboxylic acids is 1. The topological polar surface area (TPSA) is 82.5 Å². The van der Waals surface area contributed by atoms with Crippen molar-refractivity contribution in [2.45, 2.75) is 74.3 Å². The van der Waals surface area contributed by atoms with Gasteiger partial charge in [0.2, 0.25) is 0 Å². The molecule has 8 heteroatoms. The van der Waals surface area contributed by atoms with Gasteiger partial charge in [-0.25, -0.2) is 9.78 Å². The second-order valence-corrected chi connectivity index (χ2v) is 12.0. The number of nitrogens with one attached hydrogen (secondary N) is 1. The van der Waals surface area contributed by atoms with Crippen LogP contribution in [0.5, 0.6) is 0 Å². The summed E-state index contributed by atoms with van der Waals surface area (Å²) >= 11 is 2.56. The van der Waals surface area contributed by atoms with Crippen molar-refractivity contribution in [2.24, 2.45) is 5.92 Å². The van der Waals surface area contributed by atoms with Gasteiger partial charge in [-0.2, -0.15) is 0 Å². The Morgan fingerprint density at radius 2 is 1.91 bits per heavy atom. The number of carboxylic acid groups (broad SMARTS) is 1. The molecule has 0 atom stereocenters. The van der Waals surface area contributed by atoms with E-state index >= 15 is 0 Å². The fourth-order valence-corrected chi connectivity index (χ4v) is 6.19. The van der Waals surface area contributed by atoms with E-state index in [0.717, 1.165) is 48.7 Å². The summed E-state index contributed by atoms with van der Waals surface area (Å²) in [4.78, 5) is 30.9. The molecule has 1 heterocycles. The van der Waals surface area contributed by atoms with Gasteiger partial charge in [0.25, 0.3) is 0 Å². The quantitative estimate of drug-likeness (QED) is 0.425. The van der Waals surface area contributed by atoms with Crippen molar-refractivity contribution in [3.63, 3.8) is 0 Å². The standard InChI is InChI=1S/C24H33N3O3S2/c1-17-11-13-19(14-12-17)27(15-7-10-18-8-5-4-6-9-18)23(30)26-22-25-16-20(31-22)32-24(2,3)21(28)29/h4-6,8-9,16-17,19H,7,10-15H2,1-3H3,(H,28,29)(H,25,26,30). The van der Waals surface area contributed by atoms with E-state index in [1.165, 1.54) is 28.7 Å². The number of aromatic nitrogens is 1. The smallest absolute Gasteiger partial charge is 0.323 e. The van der Waals surface area contributed by atoms with Crippen LogP contribution < -0.4 is 5.32 Å². The first kappa shape index (κ1) is 24.6. The molecule has 1 aliphatic carbocycles. The first-order valence-electron chi connectivity index (χ1n) is 11.2. The van der Waals surface area contributed by atoms with Crippen molar-refractivity contribution >= 4 is 40.2 Å². The third kappa shape index (κ3) is 6.97. The second-order valence-electron chi connectivity index (χ2n) is 9.03. The van der Waals surface area contributed by atoms with Gasteiger partial charge in [-0.05, 0) is 63.9 Å². The van der Waals surface area contributed by atoms with Gasteiger partial charge in [-0.1, -0.05) is 60.4 Å². The number of carbonyl (C=O) groups is 2. The van der Waals surface area contributed by atoms with Gasteiger partial charge in [0.1, 0.15) is 4.75 Å². The lowest BCUT2D eigenvalue weighted by atomic mass is 9.86. The summed E-state index contributed by atoms with van der Waals surface area (Å²) in [6.45, 7) is 6.31. The van der Waals surface area contributed by atoms with E-state index in [-0.39, 0.29) is 12.1 Å². The van der Waals surface area contributed by atoms with Crippen molar-refractivity contribution in [1.29, 1.82) is 0 Å². The molecule has 1 aromatic heterocycles. The average Bonchev–Trinajstić information content (AvgIpc) is 3.18. The zero-order valence-corrected chi connectivity index (χ0v) is 20.7. The highest BCUT2D eigenvalue weighted by Crippen LogP contribution is 2.37. The van der Waals surface area contributed by atoms with E-state index in [4.69, 9.17) is 0 Å². The number of rotatable bonds is 9. The summed E-state index contributed by atoms with van der Waals surface area (Å²) in [5, 5.41) is 12.8. The molecule has 0 aliphatic heterocycles. The maximum absolute atomic E-state index is 13.2. The van der Waals surface area contributed by atoms with Crippen LogP contribution in [0.3, 0.4) is 0 Å². The molecule has 0 saturated heterocycles. The fraction of sp³-hybridized carbons (Fsp3) is 0.542.